The second-order valence-electron chi connectivity index (χ2n) is 3.58. The van der Waals surface area contributed by atoms with Crippen molar-refractivity contribution < 1.29 is 0 Å². The van der Waals surface area contributed by atoms with Crippen LogP contribution in [0.1, 0.15) is 31.3 Å². The van der Waals surface area contributed by atoms with Crippen LogP contribution in [0.5, 0.6) is 0 Å². The molecule has 0 fully saturated rings. The van der Waals surface area contributed by atoms with Crippen molar-refractivity contribution in [3.8, 4) is 0 Å². The Balaban J connectivity index is 2.21. The van der Waals surface area contributed by atoms with Crippen LogP contribution < -0.4 is 5.32 Å². The minimum absolute atomic E-state index is 0.0197. The Hall–Kier alpha value is -1.69. The first-order valence-corrected chi connectivity index (χ1v) is 5.71. The van der Waals surface area contributed by atoms with Gasteiger partial charge in [-0.15, -0.1) is 0 Å². The number of hydrogen-bond donors (Lipinski definition) is 2. The lowest BCUT2D eigenvalue weighted by Gasteiger charge is -2.14. The van der Waals surface area contributed by atoms with Gasteiger partial charge < -0.3 is 5.32 Å². The molecule has 0 aliphatic rings. The molecule has 6 nitrogen and oxygen atoms in total. The van der Waals surface area contributed by atoms with Crippen molar-refractivity contribution >= 4 is 17.4 Å². The molecule has 2 rings (SSSR count). The smallest absolute Gasteiger partial charge is 0.146 e. The molecule has 2 aromatic rings. The van der Waals surface area contributed by atoms with Gasteiger partial charge in [-0.25, -0.2) is 15.0 Å². The zero-order valence-corrected chi connectivity index (χ0v) is 10.4. The highest BCUT2D eigenvalue weighted by Gasteiger charge is 2.13. The molecule has 1 unspecified atom stereocenters. The van der Waals surface area contributed by atoms with E-state index in [4.69, 9.17) is 11.6 Å². The summed E-state index contributed by atoms with van der Waals surface area (Å²) in [5.74, 6) is 1.48. The summed E-state index contributed by atoms with van der Waals surface area (Å²) in [6.45, 7) is 3.98. The van der Waals surface area contributed by atoms with Crippen molar-refractivity contribution in [2.24, 2.45) is 0 Å². The fourth-order valence-electron chi connectivity index (χ4n) is 1.53. The van der Waals surface area contributed by atoms with Crippen LogP contribution in [0.3, 0.4) is 0 Å². The maximum atomic E-state index is 6.01. The summed E-state index contributed by atoms with van der Waals surface area (Å²) in [5, 5.41) is 10.3. The minimum atomic E-state index is -0.0197. The van der Waals surface area contributed by atoms with E-state index in [0.717, 1.165) is 23.6 Å². The summed E-state index contributed by atoms with van der Waals surface area (Å²) in [4.78, 5) is 12.2. The summed E-state index contributed by atoms with van der Waals surface area (Å²) < 4.78 is 0. The predicted octanol–water partition coefficient (Wildman–Crippen LogP) is 1.98. The van der Waals surface area contributed by atoms with Crippen molar-refractivity contribution in [1.82, 2.24) is 25.1 Å². The van der Waals surface area contributed by atoms with Crippen molar-refractivity contribution in [3.05, 3.63) is 29.2 Å². The molecule has 1 atom stereocenters. The van der Waals surface area contributed by atoms with Crippen LogP contribution in [0.2, 0.25) is 5.15 Å². The third-order valence-corrected chi connectivity index (χ3v) is 2.77. The topological polar surface area (TPSA) is 79.4 Å². The minimum Gasteiger partial charge on any atom is -0.360 e. The number of aromatic nitrogens is 5. The summed E-state index contributed by atoms with van der Waals surface area (Å²) in [7, 11) is 0. The Labute approximate surface area is 104 Å². The number of rotatable bonds is 4. The predicted molar refractivity (Wildman–Crippen MR) is 64.8 cm³/mol. The van der Waals surface area contributed by atoms with Gasteiger partial charge in [0.2, 0.25) is 0 Å². The average molecular weight is 253 g/mol. The van der Waals surface area contributed by atoms with E-state index in [1.165, 1.54) is 12.7 Å². The Morgan fingerprint density at radius 3 is 2.82 bits per heavy atom. The van der Waals surface area contributed by atoms with Crippen LogP contribution in [0, 0.1) is 0 Å². The third-order valence-electron chi connectivity index (χ3n) is 2.44. The van der Waals surface area contributed by atoms with E-state index in [0.29, 0.717) is 5.15 Å². The number of halogens is 1. The molecule has 0 radical (unpaired) electrons. The van der Waals surface area contributed by atoms with Gasteiger partial charge in [0.25, 0.3) is 0 Å². The van der Waals surface area contributed by atoms with Crippen LogP contribution >= 0.6 is 11.6 Å². The summed E-state index contributed by atoms with van der Waals surface area (Å²) in [5.41, 5.74) is 0.903. The zero-order chi connectivity index (χ0) is 12.3. The lowest BCUT2D eigenvalue weighted by molar-refractivity contribution is 0.785. The van der Waals surface area contributed by atoms with Gasteiger partial charge in [0, 0.05) is 5.56 Å². The van der Waals surface area contributed by atoms with E-state index in [1.54, 1.807) is 0 Å². The zero-order valence-electron chi connectivity index (χ0n) is 9.61. The monoisotopic (exact) mass is 252 g/mol. The van der Waals surface area contributed by atoms with Gasteiger partial charge in [0.05, 0.1) is 6.04 Å². The van der Waals surface area contributed by atoms with Crippen LogP contribution in [0.4, 0.5) is 5.82 Å². The van der Waals surface area contributed by atoms with Gasteiger partial charge in [-0.2, -0.15) is 5.10 Å². The van der Waals surface area contributed by atoms with Crippen LogP contribution in [-0.2, 0) is 6.42 Å². The van der Waals surface area contributed by atoms with Crippen LogP contribution in [-0.4, -0.2) is 25.1 Å². The number of anilines is 1. The SMILES string of the molecule is CCc1c(Cl)ncnc1NC(C)c1ncn[nH]1. The van der Waals surface area contributed by atoms with E-state index >= 15 is 0 Å². The number of aromatic amines is 1. The molecule has 7 heteroatoms. The molecule has 17 heavy (non-hydrogen) atoms. The van der Waals surface area contributed by atoms with E-state index in [2.05, 4.69) is 30.5 Å². The second kappa shape index (κ2) is 5.09. The van der Waals surface area contributed by atoms with Gasteiger partial charge in [-0.05, 0) is 13.3 Å². The molecule has 0 aliphatic carbocycles. The molecule has 0 saturated heterocycles. The standard InChI is InChI=1S/C10H13ClN6/c1-3-7-8(11)12-4-13-10(7)16-6(2)9-14-5-15-17-9/h4-6H,3H2,1-2H3,(H,12,13,16)(H,14,15,17). The number of hydrogen-bond acceptors (Lipinski definition) is 5. The van der Waals surface area contributed by atoms with E-state index in [-0.39, 0.29) is 6.04 Å². The van der Waals surface area contributed by atoms with Crippen LogP contribution in [0.25, 0.3) is 0 Å². The Bertz CT molecular complexity index is 484. The molecule has 2 aromatic heterocycles. The van der Waals surface area contributed by atoms with Gasteiger partial charge in [0.1, 0.15) is 29.5 Å². The Morgan fingerprint density at radius 2 is 2.18 bits per heavy atom. The number of nitrogens with zero attached hydrogens (tertiary/aromatic N) is 4. The normalized spacial score (nSPS) is 12.4. The number of nitrogens with one attached hydrogen (secondary N) is 2. The highest BCUT2D eigenvalue weighted by Crippen LogP contribution is 2.23. The first kappa shape index (κ1) is 11.8. The maximum Gasteiger partial charge on any atom is 0.146 e. The largest absolute Gasteiger partial charge is 0.360 e. The van der Waals surface area contributed by atoms with Crippen molar-refractivity contribution in [3.63, 3.8) is 0 Å². The second-order valence-corrected chi connectivity index (χ2v) is 3.94. The van der Waals surface area contributed by atoms with E-state index < -0.39 is 0 Å². The molecular formula is C10H13ClN6. The fourth-order valence-corrected chi connectivity index (χ4v) is 1.79. The molecule has 0 spiro atoms. The molecule has 0 aliphatic heterocycles. The average Bonchev–Trinajstić information content (AvgIpc) is 2.82. The van der Waals surface area contributed by atoms with E-state index in [1.807, 2.05) is 13.8 Å². The van der Waals surface area contributed by atoms with Crippen molar-refractivity contribution in [1.29, 1.82) is 0 Å². The Kier molecular flexibility index (Phi) is 3.53. The van der Waals surface area contributed by atoms with Gasteiger partial charge in [-0.3, -0.25) is 5.10 Å². The lowest BCUT2D eigenvalue weighted by Crippen LogP contribution is -2.12. The van der Waals surface area contributed by atoms with Crippen molar-refractivity contribution in [2.45, 2.75) is 26.3 Å². The molecule has 0 saturated carbocycles. The third kappa shape index (κ3) is 2.52. The quantitative estimate of drug-likeness (QED) is 0.814. The molecule has 0 bridgehead atoms. The summed E-state index contributed by atoms with van der Waals surface area (Å²) in [6, 6.07) is -0.0197. The molecule has 90 valence electrons. The van der Waals surface area contributed by atoms with Crippen molar-refractivity contribution in [2.75, 3.05) is 5.32 Å². The number of H-pyrrole nitrogens is 1. The molecular weight excluding hydrogens is 240 g/mol. The fraction of sp³-hybridized carbons (Fsp3) is 0.400. The first-order chi connectivity index (χ1) is 8.22. The van der Waals surface area contributed by atoms with Gasteiger partial charge >= 0.3 is 0 Å². The van der Waals surface area contributed by atoms with Crippen LogP contribution in [0.15, 0.2) is 12.7 Å². The first-order valence-electron chi connectivity index (χ1n) is 5.33. The van der Waals surface area contributed by atoms with Gasteiger partial charge in [0.15, 0.2) is 0 Å². The molecule has 0 amide bonds. The lowest BCUT2D eigenvalue weighted by atomic mass is 10.2. The van der Waals surface area contributed by atoms with Gasteiger partial charge in [-0.1, -0.05) is 18.5 Å². The summed E-state index contributed by atoms with van der Waals surface area (Å²) >= 11 is 6.01. The highest BCUT2D eigenvalue weighted by molar-refractivity contribution is 6.30. The molecule has 2 heterocycles. The summed E-state index contributed by atoms with van der Waals surface area (Å²) in [6.07, 6.45) is 3.68. The molecule has 0 aromatic carbocycles. The molecule has 2 N–H and O–H groups in total. The van der Waals surface area contributed by atoms with E-state index in [9.17, 15) is 0 Å². The Morgan fingerprint density at radius 1 is 1.35 bits per heavy atom. The highest BCUT2D eigenvalue weighted by atomic mass is 35.5. The maximum absolute atomic E-state index is 6.01.